The molecule has 3 heterocycles. The van der Waals surface area contributed by atoms with E-state index in [1.807, 2.05) is 27.9 Å². The minimum atomic E-state index is 0.105. The van der Waals surface area contributed by atoms with Crippen LogP contribution in [-0.4, -0.2) is 40.8 Å². The molecule has 2 aliphatic rings. The number of carbonyl (C=O) groups excluding carboxylic acids is 1. The highest BCUT2D eigenvalue weighted by Crippen LogP contribution is 2.34. The molecule has 1 aliphatic carbocycles. The zero-order valence-electron chi connectivity index (χ0n) is 13.3. The highest BCUT2D eigenvalue weighted by molar-refractivity contribution is 7.08. The average molecular weight is 331 g/mol. The molecule has 0 saturated heterocycles. The molecule has 0 radical (unpaired) electrons. The molecule has 0 N–H and O–H groups in total. The lowest BCUT2D eigenvalue weighted by atomic mass is 9.96. The van der Waals surface area contributed by atoms with Gasteiger partial charge in [-0.2, -0.15) is 16.4 Å². The Hall–Kier alpha value is -1.66. The van der Waals surface area contributed by atoms with Crippen molar-refractivity contribution >= 4 is 17.2 Å². The molecule has 4 rings (SSSR count). The van der Waals surface area contributed by atoms with E-state index >= 15 is 0 Å². The molecule has 0 bridgehead atoms. The highest BCUT2D eigenvalue weighted by atomic mass is 32.1. The molecule has 2 aromatic rings. The number of hydrogen-bond donors (Lipinski definition) is 0. The summed E-state index contributed by atoms with van der Waals surface area (Å²) in [4.78, 5) is 14.6. The molecule has 1 aliphatic heterocycles. The van der Waals surface area contributed by atoms with Crippen LogP contribution in [-0.2, 0) is 17.8 Å². The second-order valence-electron chi connectivity index (χ2n) is 6.53. The van der Waals surface area contributed by atoms with E-state index in [1.54, 1.807) is 18.4 Å². The van der Waals surface area contributed by atoms with Gasteiger partial charge < -0.3 is 9.64 Å². The number of ether oxygens (including phenoxy) is 1. The maximum absolute atomic E-state index is 12.7. The summed E-state index contributed by atoms with van der Waals surface area (Å²) in [5.41, 5.74) is 3.22. The third-order valence-corrected chi connectivity index (χ3v) is 5.38. The van der Waals surface area contributed by atoms with E-state index < -0.39 is 0 Å². The van der Waals surface area contributed by atoms with Crippen LogP contribution in [0.4, 0.5) is 0 Å². The maximum Gasteiger partial charge on any atom is 0.255 e. The summed E-state index contributed by atoms with van der Waals surface area (Å²) in [6.45, 7) is 2.98. The van der Waals surface area contributed by atoms with Gasteiger partial charge in [-0.15, -0.1) is 0 Å². The van der Waals surface area contributed by atoms with E-state index in [2.05, 4.69) is 9.78 Å². The van der Waals surface area contributed by atoms with Crippen LogP contribution in [0, 0.1) is 5.92 Å². The van der Waals surface area contributed by atoms with Gasteiger partial charge in [-0.3, -0.25) is 9.48 Å². The average Bonchev–Trinajstić information content (AvgIpc) is 3.04. The third-order valence-electron chi connectivity index (χ3n) is 4.70. The van der Waals surface area contributed by atoms with Gasteiger partial charge in [-0.05, 0) is 30.2 Å². The predicted octanol–water partition coefficient (Wildman–Crippen LogP) is 2.74. The summed E-state index contributed by atoms with van der Waals surface area (Å²) >= 11 is 1.56. The maximum atomic E-state index is 12.7. The number of thiophene rings is 1. The van der Waals surface area contributed by atoms with Gasteiger partial charge in [0.1, 0.15) is 0 Å². The van der Waals surface area contributed by atoms with Crippen LogP contribution in [0.2, 0.25) is 0 Å². The van der Waals surface area contributed by atoms with Crippen molar-refractivity contribution in [2.45, 2.75) is 31.8 Å². The Bertz CT molecular complexity index is 691. The number of methoxy groups -OCH3 is 1. The fourth-order valence-electron chi connectivity index (χ4n) is 3.40. The standard InChI is InChI=1S/C17H21N3O2S/c1-22-10-15-9-19(17(21)13-4-5-23-11-13)8-14-6-18-20(16(14)15)7-12-2-3-12/h4-6,11-12,15H,2-3,7-10H2,1H3. The molecule has 6 heteroatoms. The molecule has 2 aromatic heterocycles. The Morgan fingerprint density at radius 3 is 3.04 bits per heavy atom. The summed E-state index contributed by atoms with van der Waals surface area (Å²) in [5, 5.41) is 8.46. The largest absolute Gasteiger partial charge is 0.384 e. The Morgan fingerprint density at radius 2 is 2.35 bits per heavy atom. The van der Waals surface area contributed by atoms with Crippen LogP contribution in [0.15, 0.2) is 23.0 Å². The number of hydrogen-bond acceptors (Lipinski definition) is 4. The van der Waals surface area contributed by atoms with Crippen LogP contribution in [0.25, 0.3) is 0 Å². The van der Waals surface area contributed by atoms with E-state index in [-0.39, 0.29) is 11.8 Å². The minimum absolute atomic E-state index is 0.105. The monoisotopic (exact) mass is 331 g/mol. The summed E-state index contributed by atoms with van der Waals surface area (Å²) in [6, 6.07) is 1.89. The molecule has 0 aromatic carbocycles. The second-order valence-corrected chi connectivity index (χ2v) is 7.31. The van der Waals surface area contributed by atoms with Crippen molar-refractivity contribution in [2.24, 2.45) is 5.92 Å². The van der Waals surface area contributed by atoms with E-state index in [9.17, 15) is 4.79 Å². The summed E-state index contributed by atoms with van der Waals surface area (Å²) in [6.07, 6.45) is 4.56. The van der Waals surface area contributed by atoms with E-state index in [0.717, 1.165) is 18.0 Å². The molecule has 1 atom stereocenters. The lowest BCUT2D eigenvalue weighted by Gasteiger charge is -2.33. The first-order valence-corrected chi connectivity index (χ1v) is 9.05. The van der Waals surface area contributed by atoms with Crippen LogP contribution in [0.3, 0.4) is 0 Å². The van der Waals surface area contributed by atoms with Gasteiger partial charge >= 0.3 is 0 Å². The van der Waals surface area contributed by atoms with Crippen molar-refractivity contribution in [1.29, 1.82) is 0 Å². The van der Waals surface area contributed by atoms with Gasteiger partial charge in [0, 0.05) is 43.6 Å². The van der Waals surface area contributed by atoms with Gasteiger partial charge in [0.15, 0.2) is 0 Å². The van der Waals surface area contributed by atoms with Crippen molar-refractivity contribution in [3.8, 4) is 0 Å². The van der Waals surface area contributed by atoms with Gasteiger partial charge in [0.25, 0.3) is 5.91 Å². The van der Waals surface area contributed by atoms with Crippen LogP contribution >= 0.6 is 11.3 Å². The Kier molecular flexibility index (Phi) is 3.95. The fraction of sp³-hybridized carbons (Fsp3) is 0.529. The first-order valence-electron chi connectivity index (χ1n) is 8.11. The number of fused-ring (bicyclic) bond motifs is 1. The SMILES string of the molecule is COCC1CN(C(=O)c2ccsc2)Cc2cnn(CC3CC3)c21. The van der Waals surface area contributed by atoms with Crippen LogP contribution < -0.4 is 0 Å². The van der Waals surface area contributed by atoms with Gasteiger partial charge in [-0.1, -0.05) is 0 Å². The van der Waals surface area contributed by atoms with Crippen LogP contribution in [0.1, 0.15) is 40.4 Å². The third kappa shape index (κ3) is 2.93. The molecule has 122 valence electrons. The zero-order valence-corrected chi connectivity index (χ0v) is 14.1. The van der Waals surface area contributed by atoms with E-state index in [0.29, 0.717) is 19.7 Å². The number of aromatic nitrogens is 2. The zero-order chi connectivity index (χ0) is 15.8. The number of carbonyl (C=O) groups is 1. The normalized spacial score (nSPS) is 20.6. The first-order chi connectivity index (χ1) is 11.3. The Morgan fingerprint density at radius 1 is 1.48 bits per heavy atom. The van der Waals surface area contributed by atoms with Gasteiger partial charge in [0.05, 0.1) is 24.1 Å². The summed E-state index contributed by atoms with van der Waals surface area (Å²) < 4.78 is 7.58. The molecule has 1 fully saturated rings. The predicted molar refractivity (Wildman–Crippen MR) is 88.6 cm³/mol. The van der Waals surface area contributed by atoms with Crippen LogP contribution in [0.5, 0.6) is 0 Å². The number of nitrogens with zero attached hydrogens (tertiary/aromatic N) is 3. The summed E-state index contributed by atoms with van der Waals surface area (Å²) in [7, 11) is 1.72. The molecular weight excluding hydrogens is 310 g/mol. The van der Waals surface area contributed by atoms with E-state index in [4.69, 9.17) is 4.74 Å². The summed E-state index contributed by atoms with van der Waals surface area (Å²) in [5.74, 6) is 1.09. The lowest BCUT2D eigenvalue weighted by molar-refractivity contribution is 0.0675. The topological polar surface area (TPSA) is 47.4 Å². The molecular formula is C17H21N3O2S. The molecule has 1 unspecified atom stereocenters. The van der Waals surface area contributed by atoms with Crippen molar-refractivity contribution in [2.75, 3.05) is 20.3 Å². The smallest absolute Gasteiger partial charge is 0.255 e. The van der Waals surface area contributed by atoms with Crippen molar-refractivity contribution in [3.63, 3.8) is 0 Å². The molecule has 1 amide bonds. The highest BCUT2D eigenvalue weighted by Gasteiger charge is 2.33. The minimum Gasteiger partial charge on any atom is -0.384 e. The Balaban J connectivity index is 1.60. The first kappa shape index (κ1) is 14.9. The quantitative estimate of drug-likeness (QED) is 0.846. The molecule has 5 nitrogen and oxygen atoms in total. The van der Waals surface area contributed by atoms with Crippen molar-refractivity contribution < 1.29 is 9.53 Å². The molecule has 0 spiro atoms. The van der Waals surface area contributed by atoms with Gasteiger partial charge in [-0.25, -0.2) is 0 Å². The van der Waals surface area contributed by atoms with E-state index in [1.165, 1.54) is 24.1 Å². The molecule has 1 saturated carbocycles. The van der Waals surface area contributed by atoms with Crippen molar-refractivity contribution in [3.05, 3.63) is 39.8 Å². The second kappa shape index (κ2) is 6.09. The lowest BCUT2D eigenvalue weighted by Crippen LogP contribution is -2.40. The van der Waals surface area contributed by atoms with Crippen molar-refractivity contribution in [1.82, 2.24) is 14.7 Å². The Labute approximate surface area is 139 Å². The van der Waals surface area contributed by atoms with Gasteiger partial charge in [0.2, 0.25) is 0 Å². The fourth-order valence-corrected chi connectivity index (χ4v) is 4.03. The number of rotatable bonds is 5. The number of amides is 1. The molecule has 23 heavy (non-hydrogen) atoms.